The largest absolute Gasteiger partial charge is 0.235 e. The van der Waals surface area contributed by atoms with Gasteiger partial charge < -0.3 is 0 Å². The minimum absolute atomic E-state index is 0.350. The smallest absolute Gasteiger partial charge is 0.147 e. The molecule has 1 aromatic rings. The number of rotatable bonds is 3. The van der Waals surface area contributed by atoms with Gasteiger partial charge >= 0.3 is 0 Å². The van der Waals surface area contributed by atoms with Gasteiger partial charge in [0, 0.05) is 16.3 Å². The van der Waals surface area contributed by atoms with Crippen molar-refractivity contribution >= 4 is 51.1 Å². The molecular formula is C14H20BrClN2S2. The minimum atomic E-state index is 0.350. The predicted molar refractivity (Wildman–Crippen MR) is 95.0 cm³/mol. The van der Waals surface area contributed by atoms with Crippen LogP contribution in [0.25, 0.3) is 0 Å². The molecular weight excluding hydrogens is 376 g/mol. The molecule has 1 aliphatic rings. The molecule has 0 spiro atoms. The Labute approximate surface area is 143 Å². The van der Waals surface area contributed by atoms with E-state index < -0.39 is 0 Å². The second kappa shape index (κ2) is 7.21. The van der Waals surface area contributed by atoms with E-state index in [1.54, 1.807) is 0 Å². The highest BCUT2D eigenvalue weighted by Gasteiger charge is 2.29. The van der Waals surface area contributed by atoms with Gasteiger partial charge in [-0.05, 0) is 28.3 Å². The maximum Gasteiger partial charge on any atom is 0.147 e. The molecule has 2 heterocycles. The molecule has 1 fully saturated rings. The maximum atomic E-state index is 6.27. The quantitative estimate of drug-likeness (QED) is 0.641. The van der Waals surface area contributed by atoms with Crippen molar-refractivity contribution in [2.24, 2.45) is 5.92 Å². The van der Waals surface area contributed by atoms with Crippen LogP contribution in [0.4, 0.5) is 0 Å². The SMILES string of the molecule is CC(C)Cc1nc(C2CSC(C)C(C)S2)nc(Cl)c1Br. The summed E-state index contributed by atoms with van der Waals surface area (Å²) in [6, 6.07) is 0. The Morgan fingerprint density at radius 2 is 2.00 bits per heavy atom. The predicted octanol–water partition coefficient (Wildman–Crippen LogP) is 5.39. The standard InChI is InChI=1S/C14H20BrClN2S2/c1-7(2)5-10-12(15)13(16)18-14(17-10)11-6-19-8(3)9(4)20-11/h7-9,11H,5-6H2,1-4H3. The number of hydrogen-bond donors (Lipinski definition) is 0. The average molecular weight is 396 g/mol. The fourth-order valence-corrected chi connectivity index (χ4v) is 5.44. The van der Waals surface area contributed by atoms with Crippen LogP contribution in [0, 0.1) is 5.92 Å². The van der Waals surface area contributed by atoms with E-state index in [1.807, 2.05) is 23.5 Å². The molecule has 20 heavy (non-hydrogen) atoms. The van der Waals surface area contributed by atoms with Crippen LogP contribution in [0.5, 0.6) is 0 Å². The lowest BCUT2D eigenvalue weighted by atomic mass is 10.1. The van der Waals surface area contributed by atoms with E-state index in [1.165, 1.54) is 0 Å². The summed E-state index contributed by atoms with van der Waals surface area (Å²) in [7, 11) is 0. The van der Waals surface area contributed by atoms with Crippen LogP contribution in [0.1, 0.15) is 44.5 Å². The van der Waals surface area contributed by atoms with E-state index in [9.17, 15) is 0 Å². The van der Waals surface area contributed by atoms with Gasteiger partial charge in [0.05, 0.1) is 15.4 Å². The first kappa shape index (κ1) is 16.9. The van der Waals surface area contributed by atoms with E-state index in [0.717, 1.165) is 28.2 Å². The van der Waals surface area contributed by atoms with Crippen LogP contribution in [0.3, 0.4) is 0 Å². The van der Waals surface area contributed by atoms with Gasteiger partial charge in [0.1, 0.15) is 11.0 Å². The molecule has 0 amide bonds. The fraction of sp³-hybridized carbons (Fsp3) is 0.714. The summed E-state index contributed by atoms with van der Waals surface area (Å²) in [6.45, 7) is 8.95. The number of nitrogens with zero attached hydrogens (tertiary/aromatic N) is 2. The van der Waals surface area contributed by atoms with Gasteiger partial charge in [-0.25, -0.2) is 9.97 Å². The first-order valence-corrected chi connectivity index (χ1v) is 10.0. The average Bonchev–Trinajstić information content (AvgIpc) is 2.37. The number of hydrogen-bond acceptors (Lipinski definition) is 4. The molecule has 2 nitrogen and oxygen atoms in total. The Kier molecular flexibility index (Phi) is 6.10. The van der Waals surface area contributed by atoms with Gasteiger partial charge in [-0.15, -0.1) is 11.8 Å². The van der Waals surface area contributed by atoms with Gasteiger partial charge in [-0.2, -0.15) is 11.8 Å². The lowest BCUT2D eigenvalue weighted by molar-refractivity contribution is 0.627. The number of thioether (sulfide) groups is 2. The molecule has 6 heteroatoms. The molecule has 3 unspecified atom stereocenters. The monoisotopic (exact) mass is 394 g/mol. The lowest BCUT2D eigenvalue weighted by Gasteiger charge is -2.30. The van der Waals surface area contributed by atoms with E-state index in [4.69, 9.17) is 16.6 Å². The second-order valence-corrected chi connectivity index (χ2v) is 9.75. The highest BCUT2D eigenvalue weighted by Crippen LogP contribution is 2.44. The highest BCUT2D eigenvalue weighted by atomic mass is 79.9. The lowest BCUT2D eigenvalue weighted by Crippen LogP contribution is -2.23. The summed E-state index contributed by atoms with van der Waals surface area (Å²) in [6.07, 6.45) is 0.923. The van der Waals surface area contributed by atoms with Crippen molar-refractivity contribution in [3.63, 3.8) is 0 Å². The van der Waals surface area contributed by atoms with Crippen LogP contribution in [-0.2, 0) is 6.42 Å². The molecule has 0 aliphatic carbocycles. The third-order valence-electron chi connectivity index (χ3n) is 3.34. The Morgan fingerprint density at radius 3 is 2.60 bits per heavy atom. The van der Waals surface area contributed by atoms with Crippen molar-refractivity contribution in [1.29, 1.82) is 0 Å². The summed E-state index contributed by atoms with van der Waals surface area (Å²) < 4.78 is 0.853. The van der Waals surface area contributed by atoms with Crippen molar-refractivity contribution < 1.29 is 0 Å². The van der Waals surface area contributed by atoms with Gasteiger partial charge in [-0.3, -0.25) is 0 Å². The molecule has 0 saturated carbocycles. The number of aromatic nitrogens is 2. The van der Waals surface area contributed by atoms with Crippen LogP contribution < -0.4 is 0 Å². The minimum Gasteiger partial charge on any atom is -0.235 e. The van der Waals surface area contributed by atoms with E-state index >= 15 is 0 Å². The van der Waals surface area contributed by atoms with Gasteiger partial charge in [0.15, 0.2) is 0 Å². The summed E-state index contributed by atoms with van der Waals surface area (Å²) in [5.74, 6) is 2.51. The molecule has 3 atom stereocenters. The zero-order valence-corrected chi connectivity index (χ0v) is 16.2. The first-order chi connectivity index (χ1) is 9.38. The first-order valence-electron chi connectivity index (χ1n) is 6.87. The molecule has 1 aliphatic heterocycles. The van der Waals surface area contributed by atoms with Crippen molar-refractivity contribution in [2.45, 2.75) is 49.9 Å². The zero-order chi connectivity index (χ0) is 14.9. The number of halogens is 2. The van der Waals surface area contributed by atoms with Crippen LogP contribution in [0.15, 0.2) is 4.47 Å². The molecule has 0 aromatic carbocycles. The molecule has 1 aromatic heterocycles. The van der Waals surface area contributed by atoms with Crippen molar-refractivity contribution in [3.05, 3.63) is 21.1 Å². The second-order valence-electron chi connectivity index (χ2n) is 5.60. The Bertz CT molecular complexity index is 484. The summed E-state index contributed by atoms with van der Waals surface area (Å²) in [5.41, 5.74) is 1.03. The van der Waals surface area contributed by atoms with Crippen LogP contribution in [-0.4, -0.2) is 26.2 Å². The summed E-state index contributed by atoms with van der Waals surface area (Å²) >= 11 is 13.8. The normalized spacial score (nSPS) is 27.1. The highest BCUT2D eigenvalue weighted by molar-refractivity contribution is 9.10. The van der Waals surface area contributed by atoms with Gasteiger partial charge in [0.2, 0.25) is 0 Å². The molecule has 112 valence electrons. The Morgan fingerprint density at radius 1 is 1.30 bits per heavy atom. The molecule has 2 rings (SSSR count). The van der Waals surface area contributed by atoms with Crippen molar-refractivity contribution in [1.82, 2.24) is 9.97 Å². The third kappa shape index (κ3) is 4.05. The summed E-state index contributed by atoms with van der Waals surface area (Å²) in [5, 5.41) is 2.21. The van der Waals surface area contributed by atoms with E-state index in [-0.39, 0.29) is 0 Å². The van der Waals surface area contributed by atoms with Crippen molar-refractivity contribution in [3.8, 4) is 0 Å². The van der Waals surface area contributed by atoms with Gasteiger partial charge in [0.25, 0.3) is 0 Å². The van der Waals surface area contributed by atoms with Gasteiger partial charge in [-0.1, -0.05) is 39.3 Å². The molecule has 0 bridgehead atoms. The molecule has 0 radical (unpaired) electrons. The maximum absolute atomic E-state index is 6.27. The third-order valence-corrected chi connectivity index (χ3v) is 8.06. The zero-order valence-electron chi connectivity index (χ0n) is 12.2. The van der Waals surface area contributed by atoms with Crippen LogP contribution in [0.2, 0.25) is 5.15 Å². The molecule has 0 N–H and O–H groups in total. The Balaban J connectivity index is 2.26. The summed E-state index contributed by atoms with van der Waals surface area (Å²) in [4.78, 5) is 9.28. The van der Waals surface area contributed by atoms with E-state index in [2.05, 4.69) is 48.6 Å². The van der Waals surface area contributed by atoms with E-state index in [0.29, 0.717) is 26.8 Å². The molecule has 1 saturated heterocycles. The fourth-order valence-electron chi connectivity index (χ4n) is 2.07. The van der Waals surface area contributed by atoms with Crippen LogP contribution >= 0.6 is 51.1 Å². The van der Waals surface area contributed by atoms with Crippen molar-refractivity contribution in [2.75, 3.05) is 5.75 Å². The Hall–Kier alpha value is 0.550. The topological polar surface area (TPSA) is 25.8 Å².